The Kier molecular flexibility index (Phi) is 5.77. The van der Waals surface area contributed by atoms with E-state index in [2.05, 4.69) is 45.0 Å². The Hall–Kier alpha value is -1.57. The predicted octanol–water partition coefficient (Wildman–Crippen LogP) is 3.14. The Morgan fingerprint density at radius 2 is 1.65 bits per heavy atom. The molecule has 4 nitrogen and oxygen atoms in total. The summed E-state index contributed by atoms with van der Waals surface area (Å²) in [4.78, 5) is 7.72. The second-order valence-corrected chi connectivity index (χ2v) is 8.29. The van der Waals surface area contributed by atoms with Gasteiger partial charge >= 0.3 is 0 Å². The van der Waals surface area contributed by atoms with E-state index in [1.54, 1.807) is 0 Å². The van der Waals surface area contributed by atoms with Gasteiger partial charge in [0.2, 0.25) is 0 Å². The van der Waals surface area contributed by atoms with Crippen LogP contribution in [0.4, 0.5) is 5.69 Å². The van der Waals surface area contributed by atoms with Crippen molar-refractivity contribution < 1.29 is 0 Å². The number of likely N-dealkylation sites (tertiary alicyclic amines) is 2. The quantitative estimate of drug-likeness (QED) is 0.815. The highest BCUT2D eigenvalue weighted by Crippen LogP contribution is 2.25. The topological polar surface area (TPSA) is 33.5 Å². The molecule has 4 rings (SSSR count). The number of nitrogens with zero attached hydrogens (tertiary/aromatic N) is 4. The Balaban J connectivity index is 1.24. The molecule has 3 heterocycles. The van der Waals surface area contributed by atoms with Crippen LogP contribution in [0.1, 0.15) is 37.7 Å². The van der Waals surface area contributed by atoms with Gasteiger partial charge in [0.05, 0.1) is 12.0 Å². The summed E-state index contributed by atoms with van der Waals surface area (Å²) >= 11 is 0. The van der Waals surface area contributed by atoms with Crippen LogP contribution in [0.25, 0.3) is 0 Å². The molecule has 4 heteroatoms. The molecule has 3 saturated heterocycles. The Morgan fingerprint density at radius 3 is 2.31 bits per heavy atom. The molecule has 0 aliphatic carbocycles. The smallest absolute Gasteiger partial charge is 0.0669 e. The highest BCUT2D eigenvalue weighted by Gasteiger charge is 2.26. The fourth-order valence-electron chi connectivity index (χ4n) is 4.90. The zero-order chi connectivity index (χ0) is 17.8. The van der Waals surface area contributed by atoms with E-state index in [1.807, 2.05) is 0 Å². The molecular weight excluding hydrogens is 320 g/mol. The lowest BCUT2D eigenvalue weighted by atomic mass is 10.0. The van der Waals surface area contributed by atoms with E-state index in [-0.39, 0.29) is 5.92 Å². The molecule has 1 unspecified atom stereocenters. The summed E-state index contributed by atoms with van der Waals surface area (Å²) < 4.78 is 0. The summed E-state index contributed by atoms with van der Waals surface area (Å²) in [7, 11) is 0. The molecule has 0 bridgehead atoms. The fourth-order valence-corrected chi connectivity index (χ4v) is 4.90. The molecule has 3 fully saturated rings. The van der Waals surface area contributed by atoms with E-state index in [0.29, 0.717) is 0 Å². The molecular formula is C22H32N4. The first-order valence-corrected chi connectivity index (χ1v) is 10.5. The maximum atomic E-state index is 9.02. The van der Waals surface area contributed by atoms with Gasteiger partial charge in [-0.25, -0.2) is 0 Å². The van der Waals surface area contributed by atoms with Crippen molar-refractivity contribution in [1.29, 1.82) is 5.26 Å². The zero-order valence-electron chi connectivity index (χ0n) is 15.9. The largest absolute Gasteiger partial charge is 0.371 e. The third-order valence-electron chi connectivity index (χ3n) is 6.59. The number of nitriles is 1. The third-order valence-corrected chi connectivity index (χ3v) is 6.59. The van der Waals surface area contributed by atoms with Gasteiger partial charge in [-0.3, -0.25) is 0 Å². The van der Waals surface area contributed by atoms with Crippen molar-refractivity contribution in [3.05, 3.63) is 29.8 Å². The summed E-state index contributed by atoms with van der Waals surface area (Å²) in [6.07, 6.45) is 7.57. The maximum Gasteiger partial charge on any atom is 0.0669 e. The Bertz CT molecular complexity index is 606. The molecule has 3 aliphatic heterocycles. The van der Waals surface area contributed by atoms with E-state index in [1.165, 1.54) is 63.1 Å². The highest BCUT2D eigenvalue weighted by molar-refractivity contribution is 5.48. The summed E-state index contributed by atoms with van der Waals surface area (Å²) in [6.45, 7) is 8.17. The average Bonchev–Trinajstić information content (AvgIpc) is 3.39. The summed E-state index contributed by atoms with van der Waals surface area (Å²) in [5.41, 5.74) is 2.81. The molecule has 0 saturated carbocycles. The molecule has 1 atom stereocenters. The first-order chi connectivity index (χ1) is 12.8. The van der Waals surface area contributed by atoms with Gasteiger partial charge in [0.15, 0.2) is 0 Å². The van der Waals surface area contributed by atoms with Crippen LogP contribution in [0.2, 0.25) is 0 Å². The fraction of sp³-hybridized carbons (Fsp3) is 0.682. The molecule has 0 N–H and O–H groups in total. The molecule has 0 aromatic heterocycles. The molecule has 1 aromatic carbocycles. The monoisotopic (exact) mass is 352 g/mol. The summed E-state index contributed by atoms with van der Waals surface area (Å²) in [5, 5.41) is 9.02. The van der Waals surface area contributed by atoms with Gasteiger partial charge in [-0.15, -0.1) is 0 Å². The minimum absolute atomic E-state index is 0.251. The summed E-state index contributed by atoms with van der Waals surface area (Å²) in [6, 6.07) is 12.5. The van der Waals surface area contributed by atoms with Gasteiger partial charge in [0.25, 0.3) is 0 Å². The summed E-state index contributed by atoms with van der Waals surface area (Å²) in [5.74, 6) is 0.251. The van der Waals surface area contributed by atoms with Crippen LogP contribution >= 0.6 is 0 Å². The molecule has 140 valence electrons. The Labute approximate surface area is 158 Å². The van der Waals surface area contributed by atoms with Crippen molar-refractivity contribution in [3.8, 4) is 6.07 Å². The first-order valence-electron chi connectivity index (χ1n) is 10.5. The minimum Gasteiger partial charge on any atom is -0.371 e. The standard InChI is InChI=1S/C22H32N4/c23-17-20-8-14-24(18-20)13-7-19-3-5-21(6-4-19)26-15-9-22(10-16-26)25-11-1-2-12-25/h3-6,20,22H,1-2,7-16,18H2. The van der Waals surface area contributed by atoms with Crippen LogP contribution in [0.15, 0.2) is 24.3 Å². The number of piperidine rings is 1. The second-order valence-electron chi connectivity index (χ2n) is 8.29. The number of hydrogen-bond acceptors (Lipinski definition) is 4. The molecule has 0 spiro atoms. The van der Waals surface area contributed by atoms with Gasteiger partial charge in [-0.2, -0.15) is 5.26 Å². The van der Waals surface area contributed by atoms with Crippen molar-refractivity contribution >= 4 is 5.69 Å². The van der Waals surface area contributed by atoms with Crippen molar-refractivity contribution in [1.82, 2.24) is 9.80 Å². The minimum atomic E-state index is 0.251. The van der Waals surface area contributed by atoms with Crippen molar-refractivity contribution in [2.24, 2.45) is 5.92 Å². The SMILES string of the molecule is N#CC1CCN(CCc2ccc(N3CCC(N4CCCC4)CC3)cc2)C1. The molecule has 3 aliphatic rings. The van der Waals surface area contributed by atoms with Crippen LogP contribution in [0.3, 0.4) is 0 Å². The van der Waals surface area contributed by atoms with Crippen LogP contribution in [-0.2, 0) is 6.42 Å². The second kappa shape index (κ2) is 8.41. The van der Waals surface area contributed by atoms with E-state index in [0.717, 1.165) is 38.5 Å². The Morgan fingerprint density at radius 1 is 0.923 bits per heavy atom. The van der Waals surface area contributed by atoms with Gasteiger partial charge in [0.1, 0.15) is 0 Å². The lowest BCUT2D eigenvalue weighted by Gasteiger charge is -2.37. The number of rotatable bonds is 5. The molecule has 0 radical (unpaired) electrons. The van der Waals surface area contributed by atoms with Crippen LogP contribution in [0, 0.1) is 17.2 Å². The van der Waals surface area contributed by atoms with Gasteiger partial charge in [0, 0.05) is 37.9 Å². The van der Waals surface area contributed by atoms with Crippen molar-refractivity contribution in [2.45, 2.75) is 44.6 Å². The normalized spacial score (nSPS) is 25.7. The lowest BCUT2D eigenvalue weighted by Crippen LogP contribution is -2.43. The van der Waals surface area contributed by atoms with E-state index < -0.39 is 0 Å². The predicted molar refractivity (Wildman–Crippen MR) is 106 cm³/mol. The van der Waals surface area contributed by atoms with E-state index >= 15 is 0 Å². The molecule has 0 amide bonds. The zero-order valence-corrected chi connectivity index (χ0v) is 15.9. The van der Waals surface area contributed by atoms with E-state index in [9.17, 15) is 0 Å². The lowest BCUT2D eigenvalue weighted by molar-refractivity contribution is 0.208. The van der Waals surface area contributed by atoms with Crippen LogP contribution < -0.4 is 4.90 Å². The van der Waals surface area contributed by atoms with Gasteiger partial charge in [-0.05, 0) is 75.9 Å². The number of hydrogen-bond donors (Lipinski definition) is 0. The van der Waals surface area contributed by atoms with Crippen molar-refractivity contribution in [3.63, 3.8) is 0 Å². The third kappa shape index (κ3) is 4.22. The average molecular weight is 353 g/mol. The highest BCUT2D eigenvalue weighted by atomic mass is 15.2. The van der Waals surface area contributed by atoms with Gasteiger partial charge in [-0.1, -0.05) is 12.1 Å². The van der Waals surface area contributed by atoms with Crippen LogP contribution in [0.5, 0.6) is 0 Å². The van der Waals surface area contributed by atoms with Crippen molar-refractivity contribution in [2.75, 3.05) is 50.7 Å². The van der Waals surface area contributed by atoms with Crippen LogP contribution in [-0.4, -0.2) is 61.7 Å². The first kappa shape index (κ1) is 17.8. The number of anilines is 1. The molecule has 26 heavy (non-hydrogen) atoms. The van der Waals surface area contributed by atoms with E-state index in [4.69, 9.17) is 5.26 Å². The maximum absolute atomic E-state index is 9.02. The molecule has 1 aromatic rings. The number of benzene rings is 1. The van der Waals surface area contributed by atoms with Gasteiger partial charge < -0.3 is 14.7 Å².